The van der Waals surface area contributed by atoms with E-state index in [0.29, 0.717) is 0 Å². The molecule has 0 aliphatic heterocycles. The number of hydrogen-bond acceptors (Lipinski definition) is 1. The minimum atomic E-state index is 0.892. The molecule has 0 N–H and O–H groups in total. The predicted molar refractivity (Wildman–Crippen MR) is 186 cm³/mol. The van der Waals surface area contributed by atoms with E-state index in [1.165, 1.54) is 206 Å². The third-order valence-electron chi connectivity index (χ3n) is 9.05. The molecule has 0 aliphatic rings. The molecule has 40 heavy (non-hydrogen) atoms. The number of rotatable bonds is 34. The summed E-state index contributed by atoms with van der Waals surface area (Å²) in [6.07, 6.45) is 42.3. The summed E-state index contributed by atoms with van der Waals surface area (Å²) < 4.78 is 0. The maximum absolute atomic E-state index is 2.77. The van der Waals surface area contributed by atoms with Crippen molar-refractivity contribution in [1.29, 1.82) is 0 Å². The molecule has 0 aliphatic carbocycles. The van der Waals surface area contributed by atoms with Crippen molar-refractivity contribution >= 4 is 0 Å². The van der Waals surface area contributed by atoms with Crippen LogP contribution in [0.1, 0.15) is 221 Å². The van der Waals surface area contributed by atoms with Crippen molar-refractivity contribution in [1.82, 2.24) is 4.90 Å². The Morgan fingerprint density at radius 1 is 0.300 bits per heavy atom. The summed E-state index contributed by atoms with van der Waals surface area (Å²) in [5.74, 6) is 1.78. The summed E-state index contributed by atoms with van der Waals surface area (Å²) in [7, 11) is 0. The first kappa shape index (κ1) is 40.0. The van der Waals surface area contributed by atoms with Gasteiger partial charge in [0, 0.05) is 0 Å². The lowest BCUT2D eigenvalue weighted by Crippen LogP contribution is -2.27. The van der Waals surface area contributed by atoms with Gasteiger partial charge in [-0.1, -0.05) is 202 Å². The van der Waals surface area contributed by atoms with Gasteiger partial charge in [0.1, 0.15) is 0 Å². The van der Waals surface area contributed by atoms with Gasteiger partial charge < -0.3 is 4.90 Å². The number of nitrogens with zero attached hydrogens (tertiary/aromatic N) is 1. The molecule has 1 heteroatoms. The Labute approximate surface area is 256 Å². The maximum atomic E-state index is 2.77. The Morgan fingerprint density at radius 3 is 0.750 bits per heavy atom. The van der Waals surface area contributed by atoms with Crippen molar-refractivity contribution in [2.75, 3.05) is 19.6 Å². The highest BCUT2D eigenvalue weighted by atomic mass is 15.1. The van der Waals surface area contributed by atoms with E-state index in [-0.39, 0.29) is 0 Å². The zero-order chi connectivity index (χ0) is 29.4. The van der Waals surface area contributed by atoms with Gasteiger partial charge >= 0.3 is 0 Å². The van der Waals surface area contributed by atoms with E-state index in [1.54, 1.807) is 0 Å². The van der Waals surface area contributed by atoms with Crippen molar-refractivity contribution in [3.63, 3.8) is 0 Å². The molecule has 0 fully saturated rings. The van der Waals surface area contributed by atoms with E-state index in [2.05, 4.69) is 39.5 Å². The SMILES string of the molecule is CCCN(CCCCCCCCCCCCCCCC(C)C)CCCCCCCCCCCCCCCC(C)C. The first-order valence-electron chi connectivity index (χ1n) is 19.3. The Bertz CT molecular complexity index is 404. The summed E-state index contributed by atoms with van der Waals surface area (Å²) in [5, 5.41) is 0. The fraction of sp³-hybridized carbons (Fsp3) is 1.00. The molecular weight excluding hydrogens is 482 g/mol. The highest BCUT2D eigenvalue weighted by Gasteiger charge is 2.04. The van der Waals surface area contributed by atoms with Crippen LogP contribution in [0, 0.1) is 11.8 Å². The standard InChI is InChI=1S/C39H81N/c1-6-35-40(36-31-27-23-19-15-11-7-9-13-17-21-25-29-33-38(2)3)37-32-28-24-20-16-12-8-10-14-18-22-26-30-34-39(4)5/h38-39H,6-37H2,1-5H3. The van der Waals surface area contributed by atoms with Gasteiger partial charge in [0.05, 0.1) is 0 Å². The molecule has 0 amide bonds. The van der Waals surface area contributed by atoms with Gasteiger partial charge in [0.2, 0.25) is 0 Å². The molecule has 0 atom stereocenters. The fourth-order valence-corrected chi connectivity index (χ4v) is 6.32. The van der Waals surface area contributed by atoms with Crippen molar-refractivity contribution in [2.24, 2.45) is 11.8 Å². The molecule has 0 spiro atoms. The molecule has 0 aromatic carbocycles. The minimum Gasteiger partial charge on any atom is -0.303 e. The molecule has 0 saturated carbocycles. The molecular formula is C39H81N. The van der Waals surface area contributed by atoms with E-state index < -0.39 is 0 Å². The van der Waals surface area contributed by atoms with Crippen LogP contribution in [0.25, 0.3) is 0 Å². The second-order valence-electron chi connectivity index (χ2n) is 14.4. The van der Waals surface area contributed by atoms with E-state index in [1.807, 2.05) is 0 Å². The molecule has 0 heterocycles. The zero-order valence-electron chi connectivity index (χ0n) is 29.2. The van der Waals surface area contributed by atoms with Crippen LogP contribution < -0.4 is 0 Å². The molecule has 242 valence electrons. The zero-order valence-corrected chi connectivity index (χ0v) is 29.2. The van der Waals surface area contributed by atoms with Crippen LogP contribution in [0.2, 0.25) is 0 Å². The van der Waals surface area contributed by atoms with E-state index in [0.717, 1.165) is 11.8 Å². The molecule has 0 bridgehead atoms. The van der Waals surface area contributed by atoms with Gasteiger partial charge in [-0.3, -0.25) is 0 Å². The Morgan fingerprint density at radius 2 is 0.525 bits per heavy atom. The van der Waals surface area contributed by atoms with Crippen molar-refractivity contribution < 1.29 is 0 Å². The maximum Gasteiger partial charge on any atom is -0.00187 e. The average Bonchev–Trinajstić information content (AvgIpc) is 2.92. The third kappa shape index (κ3) is 34.2. The van der Waals surface area contributed by atoms with Crippen LogP contribution in [0.5, 0.6) is 0 Å². The highest BCUT2D eigenvalue weighted by Crippen LogP contribution is 2.16. The van der Waals surface area contributed by atoms with Crippen molar-refractivity contribution in [2.45, 2.75) is 221 Å². The molecule has 0 unspecified atom stereocenters. The quantitative estimate of drug-likeness (QED) is 0.0704. The van der Waals surface area contributed by atoms with E-state index >= 15 is 0 Å². The van der Waals surface area contributed by atoms with Crippen LogP contribution in [-0.2, 0) is 0 Å². The van der Waals surface area contributed by atoms with Crippen molar-refractivity contribution in [3.05, 3.63) is 0 Å². The van der Waals surface area contributed by atoms with Gasteiger partial charge in [-0.15, -0.1) is 0 Å². The van der Waals surface area contributed by atoms with E-state index in [4.69, 9.17) is 0 Å². The first-order valence-corrected chi connectivity index (χ1v) is 19.3. The molecule has 0 aromatic rings. The lowest BCUT2D eigenvalue weighted by atomic mass is 10.0. The van der Waals surface area contributed by atoms with Gasteiger partial charge in [0.15, 0.2) is 0 Å². The van der Waals surface area contributed by atoms with Gasteiger partial charge in [0.25, 0.3) is 0 Å². The lowest BCUT2D eigenvalue weighted by molar-refractivity contribution is 0.260. The summed E-state index contributed by atoms with van der Waals surface area (Å²) >= 11 is 0. The topological polar surface area (TPSA) is 3.24 Å². The first-order chi connectivity index (χ1) is 19.6. The van der Waals surface area contributed by atoms with Gasteiger partial charge in [-0.05, 0) is 50.7 Å². The molecule has 0 aromatic heterocycles. The molecule has 0 saturated heterocycles. The van der Waals surface area contributed by atoms with E-state index in [9.17, 15) is 0 Å². The molecule has 1 nitrogen and oxygen atoms in total. The smallest absolute Gasteiger partial charge is 0.00187 e. The summed E-state index contributed by atoms with van der Waals surface area (Å²) in [6, 6.07) is 0. The number of hydrogen-bond donors (Lipinski definition) is 0. The van der Waals surface area contributed by atoms with Crippen LogP contribution in [0.15, 0.2) is 0 Å². The Balaban J connectivity index is 3.37. The predicted octanol–water partition coefficient (Wildman–Crippen LogP) is 13.9. The van der Waals surface area contributed by atoms with Crippen LogP contribution in [-0.4, -0.2) is 24.5 Å². The van der Waals surface area contributed by atoms with Crippen molar-refractivity contribution in [3.8, 4) is 0 Å². The summed E-state index contributed by atoms with van der Waals surface area (Å²) in [6.45, 7) is 15.8. The van der Waals surface area contributed by atoms with Crippen LogP contribution in [0.3, 0.4) is 0 Å². The summed E-state index contributed by atoms with van der Waals surface area (Å²) in [5.41, 5.74) is 0. The van der Waals surface area contributed by atoms with Gasteiger partial charge in [-0.2, -0.15) is 0 Å². The monoisotopic (exact) mass is 564 g/mol. The largest absolute Gasteiger partial charge is 0.303 e. The fourth-order valence-electron chi connectivity index (χ4n) is 6.32. The average molecular weight is 564 g/mol. The lowest BCUT2D eigenvalue weighted by Gasteiger charge is -2.21. The highest BCUT2D eigenvalue weighted by molar-refractivity contribution is 4.59. The summed E-state index contributed by atoms with van der Waals surface area (Å²) in [4.78, 5) is 2.77. The van der Waals surface area contributed by atoms with Crippen LogP contribution in [0.4, 0.5) is 0 Å². The molecule has 0 rings (SSSR count). The normalized spacial score (nSPS) is 12.0. The van der Waals surface area contributed by atoms with Crippen LogP contribution >= 0.6 is 0 Å². The number of unbranched alkanes of at least 4 members (excludes halogenated alkanes) is 24. The molecule has 0 radical (unpaired) electrons. The second kappa shape index (κ2) is 33.5. The Hall–Kier alpha value is -0.0400. The Kier molecular flexibility index (Phi) is 33.4. The third-order valence-corrected chi connectivity index (χ3v) is 9.05. The second-order valence-corrected chi connectivity index (χ2v) is 14.4. The minimum absolute atomic E-state index is 0.892. The van der Waals surface area contributed by atoms with Gasteiger partial charge in [-0.25, -0.2) is 0 Å².